The highest BCUT2D eigenvalue weighted by Crippen LogP contribution is 2.42. The second kappa shape index (κ2) is 7.91. The molecule has 0 N–H and O–H groups in total. The van der Waals surface area contributed by atoms with Crippen LogP contribution in [0.3, 0.4) is 0 Å². The van der Waals surface area contributed by atoms with E-state index >= 15 is 0 Å². The van der Waals surface area contributed by atoms with E-state index < -0.39 is 0 Å². The smallest absolute Gasteiger partial charge is 0.293 e. The molecule has 0 aliphatic heterocycles. The first-order valence-electron chi connectivity index (χ1n) is 9.02. The summed E-state index contributed by atoms with van der Waals surface area (Å²) in [5, 5.41) is 0. The fourth-order valence-corrected chi connectivity index (χ4v) is 4.42. The van der Waals surface area contributed by atoms with Gasteiger partial charge >= 0.3 is 0 Å². The van der Waals surface area contributed by atoms with Gasteiger partial charge in [0.25, 0.3) is 6.47 Å². The molecule has 1 aromatic rings. The van der Waals surface area contributed by atoms with Gasteiger partial charge in [-0.15, -0.1) is 0 Å². The van der Waals surface area contributed by atoms with Crippen molar-refractivity contribution in [1.82, 2.24) is 0 Å². The molecule has 0 atom stereocenters. The van der Waals surface area contributed by atoms with Crippen LogP contribution in [0.5, 0.6) is 0 Å². The highest BCUT2D eigenvalue weighted by Gasteiger charge is 2.30. The second-order valence-electron chi connectivity index (χ2n) is 7.25. The van der Waals surface area contributed by atoms with Crippen molar-refractivity contribution in [2.24, 2.45) is 11.8 Å². The van der Waals surface area contributed by atoms with Gasteiger partial charge in [-0.25, -0.2) is 4.39 Å². The van der Waals surface area contributed by atoms with Gasteiger partial charge in [0.15, 0.2) is 0 Å². The van der Waals surface area contributed by atoms with Crippen LogP contribution in [-0.2, 0) is 20.9 Å². The topological polar surface area (TPSA) is 43.4 Å². The van der Waals surface area contributed by atoms with E-state index in [0.717, 1.165) is 50.0 Å². The molecule has 130 valence electrons. The van der Waals surface area contributed by atoms with E-state index in [9.17, 15) is 14.0 Å². The Morgan fingerprint density at radius 2 is 1.71 bits per heavy atom. The Labute approximate surface area is 142 Å². The normalized spacial score (nSPS) is 25.5. The number of carbonyl (C=O) groups excluding carboxylic acids is 2. The molecule has 3 nitrogen and oxygen atoms in total. The van der Waals surface area contributed by atoms with Crippen LogP contribution in [0.2, 0.25) is 0 Å². The van der Waals surface area contributed by atoms with Crippen molar-refractivity contribution in [2.45, 2.75) is 63.9 Å². The average Bonchev–Trinajstić information content (AvgIpc) is 2.61. The summed E-state index contributed by atoms with van der Waals surface area (Å²) in [5.74, 6) is 2.00. The van der Waals surface area contributed by atoms with Crippen molar-refractivity contribution >= 4 is 12.3 Å². The van der Waals surface area contributed by atoms with Gasteiger partial charge in [0.05, 0.1) is 0 Å². The number of benzene rings is 1. The number of ether oxygens (including phenoxy) is 1. The molecule has 0 amide bonds. The molecule has 2 saturated carbocycles. The Morgan fingerprint density at radius 1 is 1.04 bits per heavy atom. The molecular weight excluding hydrogens is 307 g/mol. The van der Waals surface area contributed by atoms with E-state index in [2.05, 4.69) is 4.74 Å². The van der Waals surface area contributed by atoms with Gasteiger partial charge in [0.1, 0.15) is 18.2 Å². The Hall–Kier alpha value is -1.71. The maximum Gasteiger partial charge on any atom is 0.293 e. The Kier molecular flexibility index (Phi) is 5.64. The minimum Gasteiger partial charge on any atom is -0.463 e. The summed E-state index contributed by atoms with van der Waals surface area (Å²) in [6.45, 7) is 0.330. The van der Waals surface area contributed by atoms with Crippen molar-refractivity contribution in [3.8, 4) is 0 Å². The zero-order valence-corrected chi connectivity index (χ0v) is 14.0. The van der Waals surface area contributed by atoms with Crippen LogP contribution in [0, 0.1) is 17.7 Å². The monoisotopic (exact) mass is 332 g/mol. The van der Waals surface area contributed by atoms with Crippen LogP contribution in [0.25, 0.3) is 0 Å². The maximum absolute atomic E-state index is 14.1. The zero-order chi connectivity index (χ0) is 16.9. The molecule has 0 spiro atoms. The van der Waals surface area contributed by atoms with Crippen LogP contribution in [0.4, 0.5) is 4.39 Å². The first-order chi connectivity index (χ1) is 11.7. The maximum atomic E-state index is 14.1. The molecule has 0 bridgehead atoms. The second-order valence-corrected chi connectivity index (χ2v) is 7.25. The third kappa shape index (κ3) is 4.03. The van der Waals surface area contributed by atoms with Gasteiger partial charge in [-0.3, -0.25) is 9.59 Å². The Morgan fingerprint density at radius 3 is 2.33 bits per heavy atom. The van der Waals surface area contributed by atoms with Crippen molar-refractivity contribution in [1.29, 1.82) is 0 Å². The molecule has 2 fully saturated rings. The number of rotatable bonds is 5. The van der Waals surface area contributed by atoms with Gasteiger partial charge in [-0.05, 0) is 67.9 Å². The fraction of sp³-hybridized carbons (Fsp3) is 0.600. The van der Waals surface area contributed by atoms with Gasteiger partial charge in [0.2, 0.25) is 0 Å². The summed E-state index contributed by atoms with van der Waals surface area (Å²) in [7, 11) is 0. The van der Waals surface area contributed by atoms with Gasteiger partial charge in [-0.1, -0.05) is 12.1 Å². The molecule has 2 aliphatic rings. The van der Waals surface area contributed by atoms with E-state index in [-0.39, 0.29) is 12.4 Å². The van der Waals surface area contributed by atoms with Crippen molar-refractivity contribution in [3.63, 3.8) is 0 Å². The minimum absolute atomic E-state index is 0.0112. The summed E-state index contributed by atoms with van der Waals surface area (Å²) in [6, 6.07) is 5.30. The molecule has 24 heavy (non-hydrogen) atoms. The first-order valence-corrected chi connectivity index (χ1v) is 9.02. The van der Waals surface area contributed by atoms with E-state index in [0.29, 0.717) is 29.7 Å². The molecule has 0 radical (unpaired) electrons. The number of hydrogen-bond donors (Lipinski definition) is 0. The highest BCUT2D eigenvalue weighted by molar-refractivity contribution is 5.79. The standard InChI is InChI=1S/C20H25FO3/c21-20-11-17(5-6-18(20)12-24-13-22)16-3-1-14(2-4-16)15-7-9-19(23)10-8-15/h5-6,11,13-16H,1-4,7-10,12H2. The largest absolute Gasteiger partial charge is 0.463 e. The SMILES string of the molecule is O=COCc1ccc(C2CCC(C3CCC(=O)CC3)CC2)cc1F. The number of carbonyl (C=O) groups is 2. The lowest BCUT2D eigenvalue weighted by Crippen LogP contribution is -2.25. The molecule has 1 aromatic carbocycles. The number of halogens is 1. The summed E-state index contributed by atoms with van der Waals surface area (Å²) in [4.78, 5) is 21.6. The third-order valence-electron chi connectivity index (χ3n) is 5.88. The van der Waals surface area contributed by atoms with Crippen molar-refractivity contribution in [3.05, 3.63) is 35.1 Å². The van der Waals surface area contributed by atoms with Crippen LogP contribution in [0.15, 0.2) is 18.2 Å². The van der Waals surface area contributed by atoms with Gasteiger partial charge in [-0.2, -0.15) is 0 Å². The summed E-state index contributed by atoms with van der Waals surface area (Å²) in [6.07, 6.45) is 8.21. The highest BCUT2D eigenvalue weighted by atomic mass is 19.1. The Balaban J connectivity index is 1.55. The predicted molar refractivity (Wildman–Crippen MR) is 88.9 cm³/mol. The van der Waals surface area contributed by atoms with Crippen LogP contribution < -0.4 is 0 Å². The quantitative estimate of drug-likeness (QED) is 0.744. The first kappa shape index (κ1) is 17.1. The lowest BCUT2D eigenvalue weighted by atomic mass is 9.70. The van der Waals surface area contributed by atoms with Gasteiger partial charge in [0, 0.05) is 18.4 Å². The van der Waals surface area contributed by atoms with E-state index in [4.69, 9.17) is 0 Å². The predicted octanol–water partition coefficient (Wildman–Crippen LogP) is 4.53. The van der Waals surface area contributed by atoms with Crippen LogP contribution in [-0.4, -0.2) is 12.3 Å². The number of ketones is 1. The summed E-state index contributed by atoms with van der Waals surface area (Å²) >= 11 is 0. The van der Waals surface area contributed by atoms with Crippen molar-refractivity contribution in [2.75, 3.05) is 0 Å². The lowest BCUT2D eigenvalue weighted by molar-refractivity contribution is -0.129. The average molecular weight is 332 g/mol. The lowest BCUT2D eigenvalue weighted by Gasteiger charge is -2.35. The molecule has 0 saturated heterocycles. The number of hydrogen-bond acceptors (Lipinski definition) is 3. The molecule has 3 rings (SSSR count). The summed E-state index contributed by atoms with van der Waals surface area (Å²) in [5.41, 5.74) is 1.48. The molecule has 4 heteroatoms. The van der Waals surface area contributed by atoms with Crippen LogP contribution >= 0.6 is 0 Å². The minimum atomic E-state index is -0.290. The van der Waals surface area contributed by atoms with Gasteiger partial charge < -0.3 is 4.74 Å². The van der Waals surface area contributed by atoms with E-state index in [1.54, 1.807) is 12.1 Å². The third-order valence-corrected chi connectivity index (χ3v) is 5.88. The molecular formula is C20H25FO3. The summed E-state index contributed by atoms with van der Waals surface area (Å²) < 4.78 is 18.7. The van der Waals surface area contributed by atoms with Crippen molar-refractivity contribution < 1.29 is 18.7 Å². The zero-order valence-electron chi connectivity index (χ0n) is 14.0. The van der Waals surface area contributed by atoms with E-state index in [1.807, 2.05) is 6.07 Å². The van der Waals surface area contributed by atoms with E-state index in [1.165, 1.54) is 12.8 Å². The molecule has 0 heterocycles. The molecule has 0 unspecified atom stereocenters. The fourth-order valence-electron chi connectivity index (χ4n) is 4.42. The molecule has 0 aromatic heterocycles. The Bertz CT molecular complexity index is 581. The number of Topliss-reactive ketones (excluding diaryl/α,β-unsaturated/α-hetero) is 1. The molecule has 2 aliphatic carbocycles. The van der Waals surface area contributed by atoms with Crippen LogP contribution in [0.1, 0.15) is 68.4 Å².